The first kappa shape index (κ1) is 15.6. The fourth-order valence-electron chi connectivity index (χ4n) is 2.30. The zero-order chi connectivity index (χ0) is 14.3. The fourth-order valence-corrected chi connectivity index (χ4v) is 2.30. The summed E-state index contributed by atoms with van der Waals surface area (Å²) in [4.78, 5) is 17.9. The van der Waals surface area contributed by atoms with E-state index in [0.717, 1.165) is 18.7 Å². The second-order valence-electron chi connectivity index (χ2n) is 5.24. The Morgan fingerprint density at radius 2 is 2.16 bits per heavy atom. The largest absolute Gasteiger partial charge is 0.481 e. The van der Waals surface area contributed by atoms with Crippen molar-refractivity contribution >= 4 is 5.97 Å². The molecule has 0 saturated carbocycles. The van der Waals surface area contributed by atoms with Gasteiger partial charge < -0.3 is 5.11 Å². The third kappa shape index (κ3) is 4.63. The number of hydrogen-bond donors (Lipinski definition) is 1. The van der Waals surface area contributed by atoms with E-state index in [1.54, 1.807) is 6.20 Å². The Morgan fingerprint density at radius 3 is 2.63 bits per heavy atom. The molecule has 1 aromatic rings. The number of nitrogens with zero attached hydrogens (tertiary/aromatic N) is 2. The van der Waals surface area contributed by atoms with E-state index in [-0.39, 0.29) is 0 Å². The number of carboxylic acids is 1. The van der Waals surface area contributed by atoms with Gasteiger partial charge >= 0.3 is 5.97 Å². The Kier molecular flexibility index (Phi) is 5.96. The molecule has 0 aliphatic rings. The van der Waals surface area contributed by atoms with Crippen LogP contribution in [-0.4, -0.2) is 34.0 Å². The van der Waals surface area contributed by atoms with E-state index in [0.29, 0.717) is 19.5 Å². The summed E-state index contributed by atoms with van der Waals surface area (Å²) in [6.07, 6.45) is 3.34. The lowest BCUT2D eigenvalue weighted by Crippen LogP contribution is -2.41. The molecule has 0 fully saturated rings. The highest BCUT2D eigenvalue weighted by Gasteiger charge is 2.33. The van der Waals surface area contributed by atoms with Crippen molar-refractivity contribution < 1.29 is 9.90 Å². The molecule has 4 nitrogen and oxygen atoms in total. The van der Waals surface area contributed by atoms with E-state index in [2.05, 4.69) is 16.8 Å². The van der Waals surface area contributed by atoms with Crippen molar-refractivity contribution in [3.8, 4) is 0 Å². The van der Waals surface area contributed by atoms with Crippen molar-refractivity contribution in [2.75, 3.05) is 13.1 Å². The molecule has 0 amide bonds. The monoisotopic (exact) mass is 264 g/mol. The summed E-state index contributed by atoms with van der Waals surface area (Å²) in [7, 11) is 0. The van der Waals surface area contributed by atoms with Crippen molar-refractivity contribution in [1.29, 1.82) is 0 Å². The summed E-state index contributed by atoms with van der Waals surface area (Å²) in [5.41, 5.74) is 0.299. The van der Waals surface area contributed by atoms with Gasteiger partial charge in [0, 0.05) is 19.3 Å². The molecule has 1 aromatic heterocycles. The van der Waals surface area contributed by atoms with Crippen LogP contribution in [0.25, 0.3) is 0 Å². The van der Waals surface area contributed by atoms with E-state index in [9.17, 15) is 9.90 Å². The molecule has 0 bridgehead atoms. The van der Waals surface area contributed by atoms with Gasteiger partial charge in [-0.1, -0.05) is 26.3 Å². The Bertz CT molecular complexity index is 394. The quantitative estimate of drug-likeness (QED) is 0.784. The van der Waals surface area contributed by atoms with Crippen LogP contribution in [0.3, 0.4) is 0 Å². The average molecular weight is 264 g/mol. The molecular formula is C15H24N2O2. The summed E-state index contributed by atoms with van der Waals surface area (Å²) in [5, 5.41) is 9.43. The highest BCUT2D eigenvalue weighted by atomic mass is 16.4. The summed E-state index contributed by atoms with van der Waals surface area (Å²) in [6, 6.07) is 5.82. The van der Waals surface area contributed by atoms with Gasteiger partial charge in [0.05, 0.1) is 11.1 Å². The summed E-state index contributed by atoms with van der Waals surface area (Å²) in [6.45, 7) is 7.99. The molecule has 0 radical (unpaired) electrons. The molecule has 0 aliphatic carbocycles. The Labute approximate surface area is 115 Å². The van der Waals surface area contributed by atoms with Crippen molar-refractivity contribution in [1.82, 2.24) is 9.88 Å². The molecule has 1 unspecified atom stereocenters. The van der Waals surface area contributed by atoms with Gasteiger partial charge in [-0.15, -0.1) is 0 Å². The molecule has 0 aromatic carbocycles. The van der Waals surface area contributed by atoms with Crippen molar-refractivity contribution in [2.24, 2.45) is 5.41 Å². The number of carbonyl (C=O) groups is 1. The fraction of sp³-hybridized carbons (Fsp3) is 0.600. The van der Waals surface area contributed by atoms with Gasteiger partial charge in [-0.25, -0.2) is 0 Å². The topological polar surface area (TPSA) is 53.4 Å². The molecule has 1 heterocycles. The first-order chi connectivity index (χ1) is 9.01. The van der Waals surface area contributed by atoms with Gasteiger partial charge in [-0.05, 0) is 32.0 Å². The molecule has 0 saturated heterocycles. The van der Waals surface area contributed by atoms with E-state index >= 15 is 0 Å². The Morgan fingerprint density at radius 1 is 1.42 bits per heavy atom. The van der Waals surface area contributed by atoms with Crippen LogP contribution >= 0.6 is 0 Å². The van der Waals surface area contributed by atoms with Gasteiger partial charge in [0.2, 0.25) is 0 Å². The van der Waals surface area contributed by atoms with Crippen LogP contribution in [0.1, 0.15) is 39.3 Å². The average Bonchev–Trinajstić information content (AvgIpc) is 2.39. The molecule has 19 heavy (non-hydrogen) atoms. The molecule has 1 atom stereocenters. The Balaban J connectivity index is 2.72. The Hall–Kier alpha value is -1.42. The second-order valence-corrected chi connectivity index (χ2v) is 5.24. The van der Waals surface area contributed by atoms with Crippen molar-refractivity contribution in [3.05, 3.63) is 30.1 Å². The molecular weight excluding hydrogens is 240 g/mol. The maximum atomic E-state index is 11.5. The van der Waals surface area contributed by atoms with Crippen LogP contribution < -0.4 is 0 Å². The van der Waals surface area contributed by atoms with Crippen LogP contribution in [-0.2, 0) is 11.3 Å². The second kappa shape index (κ2) is 7.24. The molecule has 0 spiro atoms. The zero-order valence-corrected chi connectivity index (χ0v) is 12.1. The predicted molar refractivity (Wildman–Crippen MR) is 75.8 cm³/mol. The predicted octanol–water partition coefficient (Wildman–Crippen LogP) is 2.79. The summed E-state index contributed by atoms with van der Waals surface area (Å²) >= 11 is 0. The summed E-state index contributed by atoms with van der Waals surface area (Å²) in [5.74, 6) is -0.714. The maximum absolute atomic E-state index is 11.5. The lowest BCUT2D eigenvalue weighted by atomic mass is 9.85. The van der Waals surface area contributed by atoms with Crippen molar-refractivity contribution in [3.63, 3.8) is 0 Å². The maximum Gasteiger partial charge on any atom is 0.310 e. The van der Waals surface area contributed by atoms with Crippen LogP contribution in [0, 0.1) is 5.41 Å². The molecule has 4 heteroatoms. The zero-order valence-electron chi connectivity index (χ0n) is 12.1. The number of pyridine rings is 1. The lowest BCUT2D eigenvalue weighted by Gasteiger charge is -2.31. The lowest BCUT2D eigenvalue weighted by molar-refractivity contribution is -0.149. The first-order valence-corrected chi connectivity index (χ1v) is 6.87. The molecule has 106 valence electrons. The highest BCUT2D eigenvalue weighted by Crippen LogP contribution is 2.25. The number of rotatable bonds is 8. The third-order valence-electron chi connectivity index (χ3n) is 3.45. The smallest absolute Gasteiger partial charge is 0.310 e. The third-order valence-corrected chi connectivity index (χ3v) is 3.45. The number of carboxylic acid groups (broad SMARTS) is 1. The first-order valence-electron chi connectivity index (χ1n) is 6.87. The van der Waals surface area contributed by atoms with E-state index in [1.165, 1.54) is 0 Å². The summed E-state index contributed by atoms with van der Waals surface area (Å²) < 4.78 is 0. The van der Waals surface area contributed by atoms with Crippen LogP contribution in [0.5, 0.6) is 0 Å². The number of aromatic nitrogens is 1. The van der Waals surface area contributed by atoms with Crippen LogP contribution in [0.15, 0.2) is 24.4 Å². The highest BCUT2D eigenvalue weighted by molar-refractivity contribution is 5.74. The molecule has 1 rings (SSSR count). The van der Waals surface area contributed by atoms with Gasteiger partial charge in [-0.3, -0.25) is 14.7 Å². The standard InChI is InChI=1S/C15H24N2O2/c1-4-9-15(3,14(18)19)12-17(5-2)11-13-8-6-7-10-16-13/h6-8,10H,4-5,9,11-12H2,1-3H3,(H,18,19). The number of hydrogen-bond acceptors (Lipinski definition) is 3. The molecule has 1 N–H and O–H groups in total. The SMILES string of the molecule is CCCC(C)(CN(CC)Cc1ccccn1)C(=O)O. The van der Waals surface area contributed by atoms with Gasteiger partial charge in [0.25, 0.3) is 0 Å². The minimum atomic E-state index is -0.714. The van der Waals surface area contributed by atoms with E-state index in [1.807, 2.05) is 32.0 Å². The van der Waals surface area contributed by atoms with Crippen LogP contribution in [0.4, 0.5) is 0 Å². The molecule has 0 aliphatic heterocycles. The minimum absolute atomic E-state index is 0.559. The minimum Gasteiger partial charge on any atom is -0.481 e. The van der Waals surface area contributed by atoms with Gasteiger partial charge in [0.1, 0.15) is 0 Å². The van der Waals surface area contributed by atoms with Crippen LogP contribution in [0.2, 0.25) is 0 Å². The van der Waals surface area contributed by atoms with E-state index in [4.69, 9.17) is 0 Å². The normalized spacial score (nSPS) is 14.3. The van der Waals surface area contributed by atoms with Gasteiger partial charge in [-0.2, -0.15) is 0 Å². The van der Waals surface area contributed by atoms with E-state index < -0.39 is 11.4 Å². The number of aliphatic carboxylic acids is 1. The van der Waals surface area contributed by atoms with Crippen molar-refractivity contribution in [2.45, 2.75) is 40.2 Å². The van der Waals surface area contributed by atoms with Gasteiger partial charge in [0.15, 0.2) is 0 Å².